The molecule has 0 saturated heterocycles. The second-order valence-corrected chi connectivity index (χ2v) is 14.7. The lowest BCUT2D eigenvalue weighted by Gasteiger charge is -2.40. The number of hydrogen-bond donors (Lipinski definition) is 0. The van der Waals surface area contributed by atoms with Crippen LogP contribution in [0.2, 0.25) is 0 Å². The van der Waals surface area contributed by atoms with E-state index in [0.29, 0.717) is 23.0 Å². The average Bonchev–Trinajstić information content (AvgIpc) is 3.07. The van der Waals surface area contributed by atoms with Crippen molar-refractivity contribution in [1.29, 1.82) is 0 Å². The zero-order valence-corrected chi connectivity index (χ0v) is 28.2. The molecule has 2 unspecified atom stereocenters. The third kappa shape index (κ3) is 7.47. The first kappa shape index (κ1) is 34.4. The van der Waals surface area contributed by atoms with Gasteiger partial charge in [-0.25, -0.2) is 9.13 Å². The van der Waals surface area contributed by atoms with Crippen LogP contribution in [0.3, 0.4) is 0 Å². The molecule has 10 nitrogen and oxygen atoms in total. The predicted octanol–water partition coefficient (Wildman–Crippen LogP) is 9.41. The summed E-state index contributed by atoms with van der Waals surface area (Å²) in [6.07, 6.45) is 1.27. The molecule has 0 saturated carbocycles. The molecule has 244 valence electrons. The van der Waals surface area contributed by atoms with E-state index in [1.54, 1.807) is 104 Å². The molecule has 0 spiro atoms. The first-order chi connectivity index (χ1) is 22.2. The van der Waals surface area contributed by atoms with E-state index in [1.807, 2.05) is 0 Å². The highest BCUT2D eigenvalue weighted by atomic mass is 31.2. The maximum atomic E-state index is 15.7. The lowest BCUT2D eigenvalue weighted by molar-refractivity contribution is 0.318. The van der Waals surface area contributed by atoms with Crippen LogP contribution in [0.15, 0.2) is 110 Å². The standard InChI is InChI=1S/C34H38O10P2/c1-7-22-34(8-2,45(35,41-27-20-18-26(37-3)19-21-27)42-31-15-9-12-28(23-31)38-4)46(36,43-32-16-10-13-29(24-32)39-5)44-33-17-11-14-30(25-33)40-6/h7,9-21,23-25H,1,8,22H2,2-6H3. The van der Waals surface area contributed by atoms with Crippen molar-refractivity contribution in [3.63, 3.8) is 0 Å². The molecular weight excluding hydrogens is 630 g/mol. The zero-order chi connectivity index (χ0) is 33.2. The number of ether oxygens (including phenoxy) is 4. The summed E-state index contributed by atoms with van der Waals surface area (Å²) in [5, 5.41) is 0. The highest BCUT2D eigenvalue weighted by molar-refractivity contribution is 7.75. The maximum absolute atomic E-state index is 15.7. The van der Waals surface area contributed by atoms with Crippen LogP contribution in [-0.4, -0.2) is 33.3 Å². The van der Waals surface area contributed by atoms with Gasteiger partial charge in [-0.05, 0) is 73.5 Å². The molecule has 0 aliphatic heterocycles. The first-order valence-corrected chi connectivity index (χ1v) is 17.4. The summed E-state index contributed by atoms with van der Waals surface area (Å²) in [5.74, 6) is 2.49. The van der Waals surface area contributed by atoms with Crippen molar-refractivity contribution in [1.82, 2.24) is 0 Å². The third-order valence-electron chi connectivity index (χ3n) is 7.14. The fourth-order valence-electron chi connectivity index (χ4n) is 4.68. The Balaban J connectivity index is 1.98. The van der Waals surface area contributed by atoms with Gasteiger partial charge in [0.05, 0.1) is 28.4 Å². The van der Waals surface area contributed by atoms with Crippen molar-refractivity contribution in [3.8, 4) is 46.0 Å². The van der Waals surface area contributed by atoms with Gasteiger partial charge in [-0.3, -0.25) is 0 Å². The normalized spacial score (nSPS) is 13.7. The van der Waals surface area contributed by atoms with Gasteiger partial charge in [-0.1, -0.05) is 31.2 Å². The minimum Gasteiger partial charge on any atom is -0.497 e. The number of allylic oxidation sites excluding steroid dienone is 1. The highest BCUT2D eigenvalue weighted by Gasteiger charge is 2.68. The second-order valence-electron chi connectivity index (χ2n) is 9.90. The lowest BCUT2D eigenvalue weighted by atomic mass is 10.2. The lowest BCUT2D eigenvalue weighted by Crippen LogP contribution is -2.36. The Morgan fingerprint density at radius 2 is 0.870 bits per heavy atom. The summed E-state index contributed by atoms with van der Waals surface area (Å²) < 4.78 is 78.0. The van der Waals surface area contributed by atoms with Gasteiger partial charge in [-0.2, -0.15) is 0 Å². The van der Waals surface area contributed by atoms with Crippen LogP contribution in [0.25, 0.3) is 0 Å². The molecule has 0 amide bonds. The summed E-state index contributed by atoms with van der Waals surface area (Å²) in [5.41, 5.74) is 0. The Kier molecular flexibility index (Phi) is 11.3. The summed E-state index contributed by atoms with van der Waals surface area (Å²) in [6.45, 7) is 5.62. The van der Waals surface area contributed by atoms with Gasteiger partial charge >= 0.3 is 15.2 Å². The van der Waals surface area contributed by atoms with Gasteiger partial charge in [0.25, 0.3) is 0 Å². The fourth-order valence-corrected chi connectivity index (χ4v) is 10.2. The predicted molar refractivity (Wildman–Crippen MR) is 178 cm³/mol. The Bertz CT molecular complexity index is 1650. The number of benzene rings is 4. The van der Waals surface area contributed by atoms with Gasteiger partial charge in [0.1, 0.15) is 46.0 Å². The van der Waals surface area contributed by atoms with Crippen LogP contribution in [0.4, 0.5) is 0 Å². The Morgan fingerprint density at radius 1 is 0.543 bits per heavy atom. The molecule has 46 heavy (non-hydrogen) atoms. The second kappa shape index (κ2) is 15.2. The summed E-state index contributed by atoms with van der Waals surface area (Å²) in [4.78, 5) is -1.96. The summed E-state index contributed by atoms with van der Waals surface area (Å²) >= 11 is 0. The molecule has 2 atom stereocenters. The van der Waals surface area contributed by atoms with Crippen LogP contribution in [0.5, 0.6) is 46.0 Å². The molecule has 0 fully saturated rings. The summed E-state index contributed by atoms with van der Waals surface area (Å²) in [7, 11) is -3.29. The minimum atomic E-state index is -4.66. The molecule has 0 heterocycles. The van der Waals surface area contributed by atoms with Crippen LogP contribution < -0.4 is 37.0 Å². The van der Waals surface area contributed by atoms with E-state index in [-0.39, 0.29) is 35.8 Å². The molecule has 0 N–H and O–H groups in total. The molecule has 0 aliphatic carbocycles. The van der Waals surface area contributed by atoms with Crippen molar-refractivity contribution in [2.75, 3.05) is 28.4 Å². The van der Waals surface area contributed by atoms with Crippen molar-refractivity contribution in [2.45, 2.75) is 24.7 Å². The summed E-state index contributed by atoms with van der Waals surface area (Å²) in [6, 6.07) is 26.0. The molecule has 4 aromatic rings. The SMILES string of the molecule is C=CCC(CC)(P(=O)(Oc1ccc(OC)cc1)Oc1cccc(OC)c1)P(=O)(Oc1cccc(OC)c1)Oc1cccc(OC)c1. The van der Waals surface area contributed by atoms with E-state index in [1.165, 1.54) is 34.5 Å². The number of hydrogen-bond acceptors (Lipinski definition) is 10. The van der Waals surface area contributed by atoms with Crippen LogP contribution in [-0.2, 0) is 9.13 Å². The number of methoxy groups -OCH3 is 4. The molecule has 0 aromatic heterocycles. The van der Waals surface area contributed by atoms with E-state index in [4.69, 9.17) is 37.0 Å². The van der Waals surface area contributed by atoms with Crippen LogP contribution in [0, 0.1) is 0 Å². The van der Waals surface area contributed by atoms with Gasteiger partial charge in [-0.15, -0.1) is 6.58 Å². The van der Waals surface area contributed by atoms with Crippen molar-refractivity contribution >= 4 is 15.2 Å². The van der Waals surface area contributed by atoms with Gasteiger partial charge < -0.3 is 37.0 Å². The van der Waals surface area contributed by atoms with Crippen molar-refractivity contribution < 1.29 is 46.2 Å². The Morgan fingerprint density at radius 3 is 1.20 bits per heavy atom. The smallest absolute Gasteiger partial charge is 0.451 e. The molecule has 4 aromatic carbocycles. The van der Waals surface area contributed by atoms with Crippen molar-refractivity contribution in [3.05, 3.63) is 110 Å². The van der Waals surface area contributed by atoms with E-state index in [9.17, 15) is 0 Å². The van der Waals surface area contributed by atoms with Gasteiger partial charge in [0.15, 0.2) is 0 Å². The van der Waals surface area contributed by atoms with E-state index in [2.05, 4.69) is 6.58 Å². The van der Waals surface area contributed by atoms with Crippen LogP contribution >= 0.6 is 15.2 Å². The topological polar surface area (TPSA) is 108 Å². The van der Waals surface area contributed by atoms with Crippen molar-refractivity contribution in [2.24, 2.45) is 0 Å². The third-order valence-corrected chi connectivity index (χ3v) is 13.5. The monoisotopic (exact) mass is 668 g/mol. The fraction of sp³-hybridized carbons (Fsp3) is 0.235. The Hall–Kier alpha value is -4.52. The minimum absolute atomic E-state index is 0.0539. The first-order valence-electron chi connectivity index (χ1n) is 14.3. The van der Waals surface area contributed by atoms with E-state index >= 15 is 9.13 Å². The zero-order valence-electron chi connectivity index (χ0n) is 26.4. The van der Waals surface area contributed by atoms with Crippen LogP contribution in [0.1, 0.15) is 19.8 Å². The Labute approximate surface area is 269 Å². The number of rotatable bonds is 17. The highest BCUT2D eigenvalue weighted by Crippen LogP contribution is 2.78. The molecule has 12 heteroatoms. The molecular formula is C34H38O10P2. The molecule has 0 aliphatic rings. The molecule has 0 radical (unpaired) electrons. The maximum Gasteiger partial charge on any atom is 0.451 e. The molecule has 4 rings (SSSR count). The van der Waals surface area contributed by atoms with Gasteiger partial charge in [0.2, 0.25) is 4.90 Å². The quantitative estimate of drug-likeness (QED) is 0.0798. The van der Waals surface area contributed by atoms with E-state index < -0.39 is 20.1 Å². The largest absolute Gasteiger partial charge is 0.497 e. The average molecular weight is 669 g/mol. The van der Waals surface area contributed by atoms with Gasteiger partial charge in [0, 0.05) is 18.2 Å². The molecule has 0 bridgehead atoms. The van der Waals surface area contributed by atoms with E-state index in [0.717, 1.165) is 0 Å².